The van der Waals surface area contributed by atoms with E-state index in [1.807, 2.05) is 0 Å². The fourth-order valence-electron chi connectivity index (χ4n) is 7.76. The van der Waals surface area contributed by atoms with Gasteiger partial charge in [0.15, 0.2) is 0 Å². The van der Waals surface area contributed by atoms with Gasteiger partial charge in [-0.15, -0.1) is 12.8 Å². The molecule has 0 aliphatic heterocycles. The first-order chi connectivity index (χ1) is 38.2. The molecule has 10 rings (SSSR count). The maximum absolute atomic E-state index is 13.6. The summed E-state index contributed by atoms with van der Waals surface area (Å²) in [7, 11) is -11.6. The highest BCUT2D eigenvalue weighted by atomic mass is 32.2. The Kier molecular flexibility index (Phi) is 15.0. The quantitative estimate of drug-likeness (QED) is 0.0750. The monoisotopic (exact) mass is 1100 g/mol. The van der Waals surface area contributed by atoms with Crippen LogP contribution in [0.4, 0.5) is 0 Å². The summed E-state index contributed by atoms with van der Waals surface area (Å²) in [5.74, 6) is 10.5. The molecule has 10 aromatic carbocycles. The van der Waals surface area contributed by atoms with Crippen molar-refractivity contribution in [2.24, 2.45) is 0 Å². The second-order valence-electron chi connectivity index (χ2n) is 17.2. The average Bonchev–Trinajstić information content (AvgIpc) is 3.48. The van der Waals surface area contributed by atoms with Crippen molar-refractivity contribution in [2.75, 3.05) is 0 Å². The standard InChI is InChI=1S/C64H42O12S3/c1-3-45-8-12-47(13-9-45)71-51-20-32-59(33-21-51)77(65,66)61-36-24-53(25-37-61)73-49-16-18-50(19-17-49)74-54-26-38-62(39-27-54)79(69,70)64-42-30-56(31-43-64)76-58-7-5-6-57(44-58)75-55-28-40-63(41-29-55)78(67,68)60-34-22-52(23-35-60)72-48-14-10-46(4-2)11-15-48/h1-2,5-44H. The van der Waals surface area contributed by atoms with Crippen LogP contribution in [-0.2, 0) is 29.5 Å². The van der Waals surface area contributed by atoms with E-state index in [0.717, 1.165) is 11.1 Å². The second-order valence-corrected chi connectivity index (χ2v) is 23.1. The molecule has 0 fully saturated rings. The molecule has 15 heteroatoms. The number of hydrogen-bond acceptors (Lipinski definition) is 12. The molecule has 0 radical (unpaired) electrons. The highest BCUT2D eigenvalue weighted by Crippen LogP contribution is 2.35. The summed E-state index contributed by atoms with van der Waals surface area (Å²) in [6, 6.07) is 63.9. The van der Waals surface area contributed by atoms with Gasteiger partial charge in [0.25, 0.3) is 0 Å². The number of benzene rings is 10. The number of terminal acetylenes is 2. The molecule has 0 spiro atoms. The van der Waals surface area contributed by atoms with Crippen molar-refractivity contribution in [3.63, 3.8) is 0 Å². The van der Waals surface area contributed by atoms with E-state index in [1.54, 1.807) is 170 Å². The van der Waals surface area contributed by atoms with Crippen molar-refractivity contribution >= 4 is 29.5 Å². The van der Waals surface area contributed by atoms with Gasteiger partial charge >= 0.3 is 0 Å². The molecule has 0 unspecified atom stereocenters. The van der Waals surface area contributed by atoms with E-state index in [4.69, 9.17) is 41.3 Å². The second kappa shape index (κ2) is 22.7. The lowest BCUT2D eigenvalue weighted by Gasteiger charge is -2.11. The normalized spacial score (nSPS) is 11.3. The molecule has 388 valence electrons. The Balaban J connectivity index is 0.695. The molecule has 0 N–H and O–H groups in total. The predicted octanol–water partition coefficient (Wildman–Crippen LogP) is 14.9. The lowest BCUT2D eigenvalue weighted by Crippen LogP contribution is -2.02. The summed E-state index contributed by atoms with van der Waals surface area (Å²) in [5, 5.41) is 0. The Bertz CT molecular complexity index is 4210. The van der Waals surface area contributed by atoms with Crippen LogP contribution in [-0.4, -0.2) is 25.3 Å². The summed E-state index contributed by atoms with van der Waals surface area (Å²) in [6.07, 6.45) is 10.8. The van der Waals surface area contributed by atoms with Gasteiger partial charge in [-0.1, -0.05) is 17.9 Å². The minimum atomic E-state index is -3.91. The average molecular weight is 1100 g/mol. The van der Waals surface area contributed by atoms with E-state index < -0.39 is 29.5 Å². The maximum atomic E-state index is 13.6. The van der Waals surface area contributed by atoms with Crippen LogP contribution in [0, 0.1) is 24.7 Å². The van der Waals surface area contributed by atoms with Gasteiger partial charge in [-0.05, 0) is 231 Å². The van der Waals surface area contributed by atoms with Crippen molar-refractivity contribution in [3.8, 4) is 93.7 Å². The molecule has 0 amide bonds. The maximum Gasteiger partial charge on any atom is 0.206 e. The Morgan fingerprint density at radius 3 is 0.582 bits per heavy atom. The zero-order valence-electron chi connectivity index (χ0n) is 41.4. The van der Waals surface area contributed by atoms with Gasteiger partial charge in [0.2, 0.25) is 29.5 Å². The van der Waals surface area contributed by atoms with E-state index in [-0.39, 0.29) is 29.4 Å². The van der Waals surface area contributed by atoms with E-state index >= 15 is 0 Å². The highest BCUT2D eigenvalue weighted by molar-refractivity contribution is 7.92. The van der Waals surface area contributed by atoms with Crippen LogP contribution in [0.25, 0.3) is 0 Å². The lowest BCUT2D eigenvalue weighted by molar-refractivity contribution is 0.460. The fraction of sp³-hybridized carbons (Fsp3) is 0. The predicted molar refractivity (Wildman–Crippen MR) is 297 cm³/mol. The van der Waals surface area contributed by atoms with Gasteiger partial charge in [-0.3, -0.25) is 0 Å². The minimum absolute atomic E-state index is 0.0539. The highest BCUT2D eigenvalue weighted by Gasteiger charge is 2.21. The molecular formula is C64H42O12S3. The van der Waals surface area contributed by atoms with Crippen LogP contribution in [0.3, 0.4) is 0 Å². The third-order valence-corrected chi connectivity index (χ3v) is 17.2. The van der Waals surface area contributed by atoms with Gasteiger partial charge in [0.05, 0.1) is 29.4 Å². The summed E-state index contributed by atoms with van der Waals surface area (Å²) < 4.78 is 117. The van der Waals surface area contributed by atoms with Crippen LogP contribution in [0.5, 0.6) is 69.0 Å². The summed E-state index contributed by atoms with van der Waals surface area (Å²) >= 11 is 0. The number of sulfone groups is 3. The molecule has 0 aliphatic rings. The molecule has 0 bridgehead atoms. The van der Waals surface area contributed by atoms with Crippen LogP contribution in [0.15, 0.2) is 272 Å². The SMILES string of the molecule is C#Cc1ccc(Oc2ccc(S(=O)(=O)c3ccc(Oc4ccc(Oc5ccc(S(=O)(=O)c6ccc(Oc7cccc(Oc8ccc(S(=O)(=O)c9ccc(Oc%10ccc(C#C)cc%10)cc9)cc8)c7)cc6)cc5)cc4)cc3)cc2)cc1. The van der Waals surface area contributed by atoms with Crippen LogP contribution < -0.4 is 28.4 Å². The van der Waals surface area contributed by atoms with Gasteiger partial charge in [-0.2, -0.15) is 0 Å². The first-order valence-corrected chi connectivity index (χ1v) is 28.4. The molecule has 0 saturated carbocycles. The number of hydrogen-bond donors (Lipinski definition) is 0. The van der Waals surface area contributed by atoms with Crippen molar-refractivity contribution in [3.05, 3.63) is 254 Å². The molecule has 0 aromatic heterocycles. The summed E-state index contributed by atoms with van der Waals surface area (Å²) in [4.78, 5) is 0.485. The fourth-order valence-corrected chi connectivity index (χ4v) is 11.5. The number of ether oxygens (including phenoxy) is 6. The Hall–Kier alpha value is -10.0. The van der Waals surface area contributed by atoms with E-state index in [2.05, 4.69) is 11.8 Å². The zero-order valence-corrected chi connectivity index (χ0v) is 43.8. The van der Waals surface area contributed by atoms with Crippen molar-refractivity contribution < 1.29 is 53.7 Å². The molecule has 0 atom stereocenters. The molecule has 0 saturated heterocycles. The van der Waals surface area contributed by atoms with Gasteiger partial charge < -0.3 is 28.4 Å². The summed E-state index contributed by atoms with van der Waals surface area (Å²) in [6.45, 7) is 0. The van der Waals surface area contributed by atoms with Gasteiger partial charge in [-0.25, -0.2) is 25.3 Å². The Morgan fingerprint density at radius 2 is 0.392 bits per heavy atom. The largest absolute Gasteiger partial charge is 0.457 e. The van der Waals surface area contributed by atoms with E-state index in [9.17, 15) is 25.3 Å². The van der Waals surface area contributed by atoms with Gasteiger partial charge in [0.1, 0.15) is 69.0 Å². The van der Waals surface area contributed by atoms with Crippen molar-refractivity contribution in [1.29, 1.82) is 0 Å². The Labute approximate surface area is 457 Å². The lowest BCUT2D eigenvalue weighted by atomic mass is 10.2. The van der Waals surface area contributed by atoms with Gasteiger partial charge in [0, 0.05) is 17.2 Å². The van der Waals surface area contributed by atoms with E-state index in [1.165, 1.54) is 72.8 Å². The third-order valence-electron chi connectivity index (χ3n) is 11.9. The number of rotatable bonds is 18. The van der Waals surface area contributed by atoms with Crippen LogP contribution in [0.1, 0.15) is 11.1 Å². The zero-order chi connectivity index (χ0) is 55.0. The van der Waals surface area contributed by atoms with Crippen molar-refractivity contribution in [2.45, 2.75) is 29.4 Å². The molecule has 0 aliphatic carbocycles. The molecule has 10 aromatic rings. The first kappa shape index (κ1) is 52.4. The topological polar surface area (TPSA) is 158 Å². The molecule has 0 heterocycles. The van der Waals surface area contributed by atoms with E-state index in [0.29, 0.717) is 69.0 Å². The van der Waals surface area contributed by atoms with Crippen LogP contribution in [0.2, 0.25) is 0 Å². The third kappa shape index (κ3) is 12.5. The Morgan fingerprint density at radius 1 is 0.228 bits per heavy atom. The minimum Gasteiger partial charge on any atom is -0.457 e. The molecular weight excluding hydrogens is 1060 g/mol. The molecule has 79 heavy (non-hydrogen) atoms. The summed E-state index contributed by atoms with van der Waals surface area (Å²) in [5.41, 5.74) is 1.44. The first-order valence-electron chi connectivity index (χ1n) is 24.0. The molecule has 12 nitrogen and oxygen atoms in total. The van der Waals surface area contributed by atoms with Crippen molar-refractivity contribution in [1.82, 2.24) is 0 Å². The van der Waals surface area contributed by atoms with Crippen LogP contribution >= 0.6 is 0 Å². The smallest absolute Gasteiger partial charge is 0.206 e.